The zero-order valence-corrected chi connectivity index (χ0v) is 7.12. The number of hydrogen-bond donors (Lipinski definition) is 1. The Morgan fingerprint density at radius 1 is 1.75 bits per heavy atom. The molecule has 0 unspecified atom stereocenters. The van der Waals surface area contributed by atoms with Gasteiger partial charge in [-0.2, -0.15) is 10.4 Å². The van der Waals surface area contributed by atoms with Gasteiger partial charge in [-0.05, 0) is 20.0 Å². The minimum absolute atomic E-state index is 0.624. The standard InChI is InChI=1S/C8H12N4/c1-10-3-2-4-12-7-8(5-9)6-11-12/h6-7,10H,2-4H2,1H3. The molecule has 1 aromatic heterocycles. The van der Waals surface area contributed by atoms with Gasteiger partial charge in [0.2, 0.25) is 0 Å². The fourth-order valence-corrected chi connectivity index (χ4v) is 0.961. The molecule has 0 saturated heterocycles. The zero-order valence-electron chi connectivity index (χ0n) is 7.12. The van der Waals surface area contributed by atoms with Crippen molar-refractivity contribution in [1.29, 1.82) is 5.26 Å². The van der Waals surface area contributed by atoms with Gasteiger partial charge in [0.25, 0.3) is 0 Å². The molecule has 1 aromatic rings. The summed E-state index contributed by atoms with van der Waals surface area (Å²) in [5.74, 6) is 0. The first-order valence-corrected chi connectivity index (χ1v) is 3.94. The summed E-state index contributed by atoms with van der Waals surface area (Å²) in [5, 5.41) is 15.6. The Morgan fingerprint density at radius 3 is 3.17 bits per heavy atom. The maximum Gasteiger partial charge on any atom is 0.102 e. The Bertz CT molecular complexity index is 271. The van der Waals surface area contributed by atoms with Gasteiger partial charge in [-0.3, -0.25) is 4.68 Å². The maximum atomic E-state index is 8.51. The molecule has 0 saturated carbocycles. The van der Waals surface area contributed by atoms with Crippen molar-refractivity contribution in [3.8, 4) is 6.07 Å². The summed E-state index contributed by atoms with van der Waals surface area (Å²) < 4.78 is 1.79. The van der Waals surface area contributed by atoms with E-state index >= 15 is 0 Å². The third-order valence-corrected chi connectivity index (χ3v) is 1.58. The van der Waals surface area contributed by atoms with Crippen molar-refractivity contribution >= 4 is 0 Å². The minimum atomic E-state index is 0.624. The summed E-state index contributed by atoms with van der Waals surface area (Å²) in [5.41, 5.74) is 0.624. The highest BCUT2D eigenvalue weighted by molar-refractivity contribution is 5.21. The molecular formula is C8H12N4. The highest BCUT2D eigenvalue weighted by atomic mass is 15.3. The molecule has 0 atom stereocenters. The van der Waals surface area contributed by atoms with Crippen molar-refractivity contribution < 1.29 is 0 Å². The average molecular weight is 164 g/mol. The highest BCUT2D eigenvalue weighted by Crippen LogP contribution is 1.95. The molecule has 0 aliphatic rings. The Hall–Kier alpha value is -1.34. The number of rotatable bonds is 4. The monoisotopic (exact) mass is 164 g/mol. The summed E-state index contributed by atoms with van der Waals surface area (Å²) in [4.78, 5) is 0. The molecule has 0 bridgehead atoms. The Morgan fingerprint density at radius 2 is 2.58 bits per heavy atom. The van der Waals surface area contributed by atoms with Gasteiger partial charge in [-0.1, -0.05) is 0 Å². The number of nitriles is 1. The SMILES string of the molecule is CNCCCn1cc(C#N)cn1. The van der Waals surface area contributed by atoms with Crippen molar-refractivity contribution in [1.82, 2.24) is 15.1 Å². The third kappa shape index (κ3) is 2.36. The van der Waals surface area contributed by atoms with Crippen molar-refractivity contribution in [3.05, 3.63) is 18.0 Å². The van der Waals surface area contributed by atoms with Crippen LogP contribution in [0.25, 0.3) is 0 Å². The van der Waals surface area contributed by atoms with Crippen LogP contribution in [0.5, 0.6) is 0 Å². The number of nitrogens with zero attached hydrogens (tertiary/aromatic N) is 3. The van der Waals surface area contributed by atoms with Gasteiger partial charge in [0.1, 0.15) is 6.07 Å². The molecule has 4 heteroatoms. The molecule has 0 fully saturated rings. The molecule has 0 aliphatic heterocycles. The molecule has 4 nitrogen and oxygen atoms in total. The average Bonchev–Trinajstić information content (AvgIpc) is 2.53. The van der Waals surface area contributed by atoms with Gasteiger partial charge < -0.3 is 5.32 Å². The first kappa shape index (κ1) is 8.75. The fraction of sp³-hybridized carbons (Fsp3) is 0.500. The van der Waals surface area contributed by atoms with Gasteiger partial charge in [-0.15, -0.1) is 0 Å². The van der Waals surface area contributed by atoms with Crippen molar-refractivity contribution in [2.24, 2.45) is 0 Å². The molecule has 64 valence electrons. The molecule has 12 heavy (non-hydrogen) atoms. The molecule has 0 aromatic carbocycles. The van der Waals surface area contributed by atoms with E-state index in [-0.39, 0.29) is 0 Å². The lowest BCUT2D eigenvalue weighted by molar-refractivity contribution is 0.562. The Balaban J connectivity index is 2.38. The summed E-state index contributed by atoms with van der Waals surface area (Å²) in [6.07, 6.45) is 4.37. The van der Waals surface area contributed by atoms with Crippen LogP contribution in [0.3, 0.4) is 0 Å². The fourth-order valence-electron chi connectivity index (χ4n) is 0.961. The first-order valence-electron chi connectivity index (χ1n) is 3.94. The van der Waals surface area contributed by atoms with Crippen molar-refractivity contribution in [3.63, 3.8) is 0 Å². The molecular weight excluding hydrogens is 152 g/mol. The molecule has 0 aliphatic carbocycles. The van der Waals surface area contributed by atoms with Gasteiger partial charge >= 0.3 is 0 Å². The number of hydrogen-bond acceptors (Lipinski definition) is 3. The lowest BCUT2D eigenvalue weighted by atomic mass is 10.4. The Kier molecular flexibility index (Phi) is 3.30. The normalized spacial score (nSPS) is 9.67. The number of nitrogens with one attached hydrogen (secondary N) is 1. The molecule has 1 rings (SSSR count). The van der Waals surface area contributed by atoms with Crippen LogP contribution in [0.4, 0.5) is 0 Å². The lowest BCUT2D eigenvalue weighted by Gasteiger charge is -1.99. The van der Waals surface area contributed by atoms with Crippen LogP contribution in [0.2, 0.25) is 0 Å². The predicted molar refractivity (Wildman–Crippen MR) is 45.5 cm³/mol. The summed E-state index contributed by atoms with van der Waals surface area (Å²) in [6, 6.07) is 2.04. The largest absolute Gasteiger partial charge is 0.320 e. The van der Waals surface area contributed by atoms with Crippen molar-refractivity contribution in [2.75, 3.05) is 13.6 Å². The molecule has 1 heterocycles. The van der Waals surface area contributed by atoms with E-state index in [0.717, 1.165) is 19.5 Å². The first-order chi connectivity index (χ1) is 5.86. The summed E-state index contributed by atoms with van der Waals surface area (Å²) in [7, 11) is 1.92. The topological polar surface area (TPSA) is 53.6 Å². The minimum Gasteiger partial charge on any atom is -0.320 e. The van der Waals surface area contributed by atoms with E-state index in [1.165, 1.54) is 0 Å². The van der Waals surface area contributed by atoms with Crippen LogP contribution in [0, 0.1) is 11.3 Å². The smallest absolute Gasteiger partial charge is 0.102 e. The number of aromatic nitrogens is 2. The van der Waals surface area contributed by atoms with Crippen LogP contribution in [0.15, 0.2) is 12.4 Å². The van der Waals surface area contributed by atoms with E-state index in [2.05, 4.69) is 10.4 Å². The zero-order chi connectivity index (χ0) is 8.81. The predicted octanol–water partition coefficient (Wildman–Crippen LogP) is 0.364. The van der Waals surface area contributed by atoms with Crippen LogP contribution in [0.1, 0.15) is 12.0 Å². The summed E-state index contributed by atoms with van der Waals surface area (Å²) >= 11 is 0. The second-order valence-electron chi connectivity index (χ2n) is 2.56. The van der Waals surface area contributed by atoms with Crippen molar-refractivity contribution in [2.45, 2.75) is 13.0 Å². The van der Waals surface area contributed by atoms with Gasteiger partial charge in [0.05, 0.1) is 11.8 Å². The quantitative estimate of drug-likeness (QED) is 0.654. The second-order valence-corrected chi connectivity index (χ2v) is 2.56. The van der Waals surface area contributed by atoms with Crippen LogP contribution in [-0.4, -0.2) is 23.4 Å². The van der Waals surface area contributed by atoms with E-state index in [4.69, 9.17) is 5.26 Å². The van der Waals surface area contributed by atoms with Crippen LogP contribution >= 0.6 is 0 Å². The lowest BCUT2D eigenvalue weighted by Crippen LogP contribution is -2.11. The van der Waals surface area contributed by atoms with Gasteiger partial charge in [0.15, 0.2) is 0 Å². The molecule has 0 spiro atoms. The van der Waals surface area contributed by atoms with E-state index < -0.39 is 0 Å². The third-order valence-electron chi connectivity index (χ3n) is 1.58. The van der Waals surface area contributed by atoms with E-state index in [1.54, 1.807) is 17.1 Å². The van der Waals surface area contributed by atoms with Gasteiger partial charge in [0, 0.05) is 12.7 Å². The van der Waals surface area contributed by atoms with E-state index in [9.17, 15) is 0 Å². The summed E-state index contributed by atoms with van der Waals surface area (Å²) in [6.45, 7) is 1.84. The van der Waals surface area contributed by atoms with Crippen LogP contribution in [-0.2, 0) is 6.54 Å². The Labute approximate surface area is 71.8 Å². The van der Waals surface area contributed by atoms with E-state index in [0.29, 0.717) is 5.56 Å². The van der Waals surface area contributed by atoms with Crippen LogP contribution < -0.4 is 5.32 Å². The van der Waals surface area contributed by atoms with E-state index in [1.807, 2.05) is 13.1 Å². The highest BCUT2D eigenvalue weighted by Gasteiger charge is 1.95. The second kappa shape index (κ2) is 4.52. The number of aryl methyl sites for hydroxylation is 1. The molecule has 1 N–H and O–H groups in total. The maximum absolute atomic E-state index is 8.51. The van der Waals surface area contributed by atoms with Gasteiger partial charge in [-0.25, -0.2) is 0 Å². The molecule has 0 amide bonds. The molecule has 0 radical (unpaired) electrons.